The van der Waals surface area contributed by atoms with Crippen molar-refractivity contribution >= 4 is 11.6 Å². The van der Waals surface area contributed by atoms with Crippen LogP contribution in [0.2, 0.25) is 0 Å². The van der Waals surface area contributed by atoms with Crippen LogP contribution in [0.1, 0.15) is 16.2 Å². The predicted molar refractivity (Wildman–Crippen MR) is 78.6 cm³/mol. The van der Waals surface area contributed by atoms with Crippen LogP contribution in [0.15, 0.2) is 55.1 Å². The van der Waals surface area contributed by atoms with Crippen molar-refractivity contribution in [3.8, 4) is 5.69 Å². The van der Waals surface area contributed by atoms with Crippen LogP contribution in [0.25, 0.3) is 5.69 Å². The van der Waals surface area contributed by atoms with E-state index in [4.69, 9.17) is 0 Å². The highest BCUT2D eigenvalue weighted by molar-refractivity contribution is 6.03. The van der Waals surface area contributed by atoms with E-state index < -0.39 is 17.8 Å². The zero-order valence-electron chi connectivity index (χ0n) is 12.0. The van der Waals surface area contributed by atoms with Crippen LogP contribution in [-0.2, 0) is 6.18 Å². The number of nitrogens with one attached hydrogen (secondary N) is 1. The highest BCUT2D eigenvalue weighted by Gasteiger charge is 2.32. The van der Waals surface area contributed by atoms with E-state index in [9.17, 15) is 18.0 Å². The molecule has 0 saturated carbocycles. The first-order valence-corrected chi connectivity index (χ1v) is 6.74. The average molecular weight is 333 g/mol. The summed E-state index contributed by atoms with van der Waals surface area (Å²) in [5, 5.41) is 6.49. The number of hydrogen-bond acceptors (Lipinski definition) is 4. The van der Waals surface area contributed by atoms with Gasteiger partial charge in [0, 0.05) is 18.6 Å². The van der Waals surface area contributed by atoms with Crippen molar-refractivity contribution in [1.29, 1.82) is 0 Å². The largest absolute Gasteiger partial charge is 0.433 e. The summed E-state index contributed by atoms with van der Waals surface area (Å²) >= 11 is 0. The van der Waals surface area contributed by atoms with E-state index in [-0.39, 0.29) is 11.4 Å². The predicted octanol–water partition coefficient (Wildman–Crippen LogP) is 2.93. The quantitative estimate of drug-likeness (QED) is 0.800. The van der Waals surface area contributed by atoms with Gasteiger partial charge in [-0.3, -0.25) is 9.78 Å². The van der Waals surface area contributed by atoms with Gasteiger partial charge in [-0.25, -0.2) is 9.67 Å². The first-order chi connectivity index (χ1) is 11.4. The Kier molecular flexibility index (Phi) is 3.98. The van der Waals surface area contributed by atoms with Gasteiger partial charge >= 0.3 is 6.18 Å². The number of rotatable bonds is 3. The Morgan fingerprint density at radius 2 is 1.96 bits per heavy atom. The van der Waals surface area contributed by atoms with Crippen LogP contribution in [0.3, 0.4) is 0 Å². The van der Waals surface area contributed by atoms with Crippen molar-refractivity contribution in [3.63, 3.8) is 0 Å². The van der Waals surface area contributed by atoms with Gasteiger partial charge in [0.1, 0.15) is 11.4 Å². The first-order valence-electron chi connectivity index (χ1n) is 6.74. The number of halogens is 3. The van der Waals surface area contributed by atoms with E-state index in [1.165, 1.54) is 12.3 Å². The molecule has 0 aliphatic rings. The smallest absolute Gasteiger partial charge is 0.319 e. The molecule has 0 saturated heterocycles. The molecule has 0 bridgehead atoms. The summed E-state index contributed by atoms with van der Waals surface area (Å²) in [6, 6.07) is 6.84. The number of alkyl halides is 3. The number of anilines is 1. The fourth-order valence-electron chi connectivity index (χ4n) is 1.94. The molecule has 122 valence electrons. The Balaban J connectivity index is 1.77. The minimum atomic E-state index is -4.53. The Bertz CT molecular complexity index is 844. The molecule has 9 heteroatoms. The lowest BCUT2D eigenvalue weighted by atomic mass is 10.3. The summed E-state index contributed by atoms with van der Waals surface area (Å²) in [6.45, 7) is 0. The Morgan fingerprint density at radius 1 is 1.12 bits per heavy atom. The average Bonchev–Trinajstić information content (AvgIpc) is 3.09. The molecule has 3 heterocycles. The second-order valence-electron chi connectivity index (χ2n) is 4.73. The third kappa shape index (κ3) is 3.40. The van der Waals surface area contributed by atoms with Crippen molar-refractivity contribution in [1.82, 2.24) is 19.7 Å². The van der Waals surface area contributed by atoms with E-state index in [1.54, 1.807) is 29.2 Å². The molecule has 0 aliphatic carbocycles. The van der Waals surface area contributed by atoms with Gasteiger partial charge in [-0.2, -0.15) is 18.3 Å². The standard InChI is InChI=1S/C15H10F3N5O/c16-15(17,18)13-3-2-10(9-20-13)22-14(24)12-8-11(4-6-19-12)23-7-1-5-21-23/h1-9H,(H,22,24). The SMILES string of the molecule is O=C(Nc1ccc(C(F)(F)F)nc1)c1cc(-n2cccn2)ccn1. The summed E-state index contributed by atoms with van der Waals surface area (Å²) in [4.78, 5) is 19.4. The number of amides is 1. The van der Waals surface area contributed by atoms with Gasteiger partial charge in [-0.05, 0) is 30.3 Å². The number of aromatic nitrogens is 4. The van der Waals surface area contributed by atoms with Gasteiger partial charge in [-0.1, -0.05) is 0 Å². The lowest BCUT2D eigenvalue weighted by Gasteiger charge is -2.08. The lowest BCUT2D eigenvalue weighted by molar-refractivity contribution is -0.141. The lowest BCUT2D eigenvalue weighted by Crippen LogP contribution is -2.15. The van der Waals surface area contributed by atoms with E-state index in [0.29, 0.717) is 5.69 Å². The van der Waals surface area contributed by atoms with E-state index in [0.717, 1.165) is 18.3 Å². The van der Waals surface area contributed by atoms with Crippen LogP contribution in [-0.4, -0.2) is 25.7 Å². The fourth-order valence-corrected chi connectivity index (χ4v) is 1.94. The summed E-state index contributed by atoms with van der Waals surface area (Å²) in [6.07, 6.45) is 1.15. The van der Waals surface area contributed by atoms with Gasteiger partial charge in [0.05, 0.1) is 17.6 Å². The maximum Gasteiger partial charge on any atom is 0.433 e. The Hall–Kier alpha value is -3.23. The number of pyridine rings is 2. The van der Waals surface area contributed by atoms with Crippen LogP contribution in [0, 0.1) is 0 Å². The van der Waals surface area contributed by atoms with Crippen molar-refractivity contribution in [2.45, 2.75) is 6.18 Å². The number of carbonyl (C=O) groups excluding carboxylic acids is 1. The van der Waals surface area contributed by atoms with Gasteiger partial charge in [-0.15, -0.1) is 0 Å². The molecule has 0 aliphatic heterocycles. The third-order valence-electron chi connectivity index (χ3n) is 3.06. The van der Waals surface area contributed by atoms with E-state index >= 15 is 0 Å². The maximum atomic E-state index is 12.5. The molecule has 1 N–H and O–H groups in total. The first kappa shape index (κ1) is 15.7. The minimum absolute atomic E-state index is 0.0999. The molecule has 0 aromatic carbocycles. The van der Waals surface area contributed by atoms with Gasteiger partial charge in [0.15, 0.2) is 0 Å². The summed E-state index contributed by atoms with van der Waals surface area (Å²) in [5.74, 6) is -0.564. The normalized spacial score (nSPS) is 11.3. The molecule has 0 unspecified atom stereocenters. The van der Waals surface area contributed by atoms with Crippen molar-refractivity contribution in [2.24, 2.45) is 0 Å². The molecular weight excluding hydrogens is 323 g/mol. The Morgan fingerprint density at radius 3 is 2.58 bits per heavy atom. The van der Waals surface area contributed by atoms with Gasteiger partial charge in [0.25, 0.3) is 5.91 Å². The zero-order chi connectivity index (χ0) is 17.2. The molecule has 0 fully saturated rings. The van der Waals surface area contributed by atoms with Gasteiger partial charge < -0.3 is 5.32 Å². The monoisotopic (exact) mass is 333 g/mol. The molecule has 6 nitrogen and oxygen atoms in total. The molecule has 1 amide bonds. The minimum Gasteiger partial charge on any atom is -0.319 e. The molecule has 3 aromatic heterocycles. The summed E-state index contributed by atoms with van der Waals surface area (Å²) in [5.41, 5.74) is -0.160. The number of hydrogen-bond donors (Lipinski definition) is 1. The zero-order valence-corrected chi connectivity index (χ0v) is 12.0. The molecule has 3 rings (SSSR count). The van der Waals surface area contributed by atoms with E-state index in [2.05, 4.69) is 20.4 Å². The molecular formula is C15H10F3N5O. The molecule has 0 atom stereocenters. The maximum absolute atomic E-state index is 12.5. The van der Waals surface area contributed by atoms with Crippen molar-refractivity contribution < 1.29 is 18.0 Å². The highest BCUT2D eigenvalue weighted by atomic mass is 19.4. The van der Waals surface area contributed by atoms with E-state index in [1.807, 2.05) is 0 Å². The van der Waals surface area contributed by atoms with Crippen LogP contribution < -0.4 is 5.32 Å². The molecule has 3 aromatic rings. The van der Waals surface area contributed by atoms with Crippen molar-refractivity contribution in [3.05, 3.63) is 66.5 Å². The van der Waals surface area contributed by atoms with Crippen LogP contribution in [0.4, 0.5) is 18.9 Å². The van der Waals surface area contributed by atoms with Gasteiger partial charge in [0.2, 0.25) is 0 Å². The fraction of sp³-hybridized carbons (Fsp3) is 0.0667. The molecule has 24 heavy (non-hydrogen) atoms. The third-order valence-corrected chi connectivity index (χ3v) is 3.06. The Labute approximate surface area is 134 Å². The van der Waals surface area contributed by atoms with Crippen molar-refractivity contribution in [2.75, 3.05) is 5.32 Å². The van der Waals surface area contributed by atoms with Crippen LogP contribution >= 0.6 is 0 Å². The highest BCUT2D eigenvalue weighted by Crippen LogP contribution is 2.27. The summed E-state index contributed by atoms with van der Waals surface area (Å²) in [7, 11) is 0. The molecule has 0 radical (unpaired) electrons. The molecule has 0 spiro atoms. The summed E-state index contributed by atoms with van der Waals surface area (Å²) < 4.78 is 38.9. The number of nitrogens with zero attached hydrogens (tertiary/aromatic N) is 4. The topological polar surface area (TPSA) is 72.7 Å². The number of carbonyl (C=O) groups is 1. The second-order valence-corrected chi connectivity index (χ2v) is 4.73. The van der Waals surface area contributed by atoms with Crippen LogP contribution in [0.5, 0.6) is 0 Å². The second kappa shape index (κ2) is 6.11.